The topological polar surface area (TPSA) is 88.1 Å². The Kier molecular flexibility index (Phi) is 5.46. The fourth-order valence-electron chi connectivity index (χ4n) is 4.66. The van der Waals surface area contributed by atoms with Crippen LogP contribution in [-0.2, 0) is 4.74 Å². The van der Waals surface area contributed by atoms with Crippen molar-refractivity contribution >= 4 is 17.9 Å². The van der Waals surface area contributed by atoms with Crippen molar-refractivity contribution in [1.82, 2.24) is 4.90 Å². The highest BCUT2D eigenvalue weighted by Gasteiger charge is 2.55. The Morgan fingerprint density at radius 2 is 1.89 bits per heavy atom. The van der Waals surface area contributed by atoms with Crippen LogP contribution in [-0.4, -0.2) is 48.0 Å². The van der Waals surface area contributed by atoms with Crippen LogP contribution in [0.3, 0.4) is 0 Å². The van der Waals surface area contributed by atoms with Gasteiger partial charge in [-0.2, -0.15) is 0 Å². The van der Waals surface area contributed by atoms with Crippen LogP contribution in [0.4, 0.5) is 15.3 Å². The summed E-state index contributed by atoms with van der Waals surface area (Å²) in [7, 11) is 1.57. The van der Waals surface area contributed by atoms with Crippen LogP contribution in [0.1, 0.15) is 46.5 Å². The summed E-state index contributed by atoms with van der Waals surface area (Å²) < 4.78 is 10.8. The molecule has 2 amide bonds. The van der Waals surface area contributed by atoms with E-state index in [2.05, 4.69) is 26.1 Å². The van der Waals surface area contributed by atoms with Crippen LogP contribution >= 0.6 is 0 Å². The number of piperidine rings is 1. The molecule has 7 nitrogen and oxygen atoms in total. The lowest BCUT2D eigenvalue weighted by Gasteiger charge is -2.52. The highest BCUT2D eigenvalue weighted by molar-refractivity contribution is 5.84. The normalized spacial score (nSPS) is 26.6. The van der Waals surface area contributed by atoms with Crippen molar-refractivity contribution in [3.05, 3.63) is 24.3 Å². The largest absolute Gasteiger partial charge is 0.497 e. The number of benzene rings is 1. The summed E-state index contributed by atoms with van der Waals surface area (Å²) >= 11 is 0. The third-order valence-corrected chi connectivity index (χ3v) is 6.48. The van der Waals surface area contributed by atoms with E-state index in [0.717, 1.165) is 12.8 Å². The van der Waals surface area contributed by atoms with Gasteiger partial charge in [-0.25, -0.2) is 9.59 Å². The number of hydrogen-bond acceptors (Lipinski definition) is 4. The quantitative estimate of drug-likeness (QED) is 0.785. The van der Waals surface area contributed by atoms with E-state index < -0.39 is 12.2 Å². The molecular formula is C21H30N2O5. The monoisotopic (exact) mass is 390 g/mol. The summed E-state index contributed by atoms with van der Waals surface area (Å²) in [4.78, 5) is 25.6. The first-order valence-corrected chi connectivity index (χ1v) is 9.74. The Balaban J connectivity index is 1.69. The zero-order valence-electron chi connectivity index (χ0n) is 17.0. The van der Waals surface area contributed by atoms with E-state index in [9.17, 15) is 14.7 Å². The Labute approximate surface area is 166 Å². The molecule has 2 heterocycles. The molecule has 2 saturated heterocycles. The lowest BCUT2D eigenvalue weighted by molar-refractivity contribution is -0.0620. The van der Waals surface area contributed by atoms with E-state index in [1.165, 1.54) is 0 Å². The maximum Gasteiger partial charge on any atom is 0.411 e. The van der Waals surface area contributed by atoms with Gasteiger partial charge in [-0.05, 0) is 43.2 Å². The summed E-state index contributed by atoms with van der Waals surface area (Å²) in [5, 5.41) is 12.3. The Morgan fingerprint density at radius 3 is 2.43 bits per heavy atom. The van der Waals surface area contributed by atoms with Gasteiger partial charge in [0.05, 0.1) is 13.7 Å². The molecule has 2 N–H and O–H groups in total. The first-order valence-electron chi connectivity index (χ1n) is 9.74. The summed E-state index contributed by atoms with van der Waals surface area (Å²) in [6.45, 7) is 6.71. The minimum Gasteiger partial charge on any atom is -0.497 e. The molecule has 0 aliphatic carbocycles. The molecule has 0 saturated carbocycles. The number of hydrogen-bond donors (Lipinski definition) is 2. The fraction of sp³-hybridized carbons (Fsp3) is 0.619. The third kappa shape index (κ3) is 3.88. The van der Waals surface area contributed by atoms with Gasteiger partial charge in [-0.15, -0.1) is 0 Å². The number of ether oxygens (including phenoxy) is 2. The predicted octanol–water partition coefficient (Wildman–Crippen LogP) is 4.58. The molecule has 2 unspecified atom stereocenters. The first-order chi connectivity index (χ1) is 13.1. The number of methoxy groups -OCH3 is 1. The van der Waals surface area contributed by atoms with E-state index in [0.29, 0.717) is 24.3 Å². The number of fused-ring (bicyclic) bond motifs is 2. The summed E-state index contributed by atoms with van der Waals surface area (Å²) in [6, 6.07) is 7.10. The highest BCUT2D eigenvalue weighted by atomic mass is 16.5. The van der Waals surface area contributed by atoms with Crippen molar-refractivity contribution < 1.29 is 24.2 Å². The molecule has 154 valence electrons. The standard InChI is InChI=1S/C21H30N2O5/c1-20(2,3)21(11-15-8-9-16(12-21)23(15)19(25)26)13-28-18(24)22-14-6-5-7-17(10-14)27-4/h5-7,10,15-16H,8-9,11-13H2,1-4H3,(H,22,24)(H,25,26). The van der Waals surface area contributed by atoms with Gasteiger partial charge >= 0.3 is 12.2 Å². The van der Waals surface area contributed by atoms with Crippen LogP contribution in [0.15, 0.2) is 24.3 Å². The van der Waals surface area contributed by atoms with E-state index in [1.54, 1.807) is 36.3 Å². The molecule has 1 aromatic carbocycles. The van der Waals surface area contributed by atoms with Crippen molar-refractivity contribution in [2.45, 2.75) is 58.5 Å². The van der Waals surface area contributed by atoms with Crippen molar-refractivity contribution in [2.24, 2.45) is 10.8 Å². The molecule has 2 aliphatic rings. The van der Waals surface area contributed by atoms with E-state index >= 15 is 0 Å². The second-order valence-electron chi connectivity index (χ2n) is 8.95. The average Bonchev–Trinajstić information content (AvgIpc) is 2.91. The van der Waals surface area contributed by atoms with Gasteiger partial charge in [-0.1, -0.05) is 26.8 Å². The number of nitrogens with zero attached hydrogens (tertiary/aromatic N) is 1. The summed E-state index contributed by atoms with van der Waals surface area (Å²) in [5.41, 5.74) is 0.237. The second kappa shape index (κ2) is 7.53. The molecule has 1 aromatic rings. The molecule has 7 heteroatoms. The summed E-state index contributed by atoms with van der Waals surface area (Å²) in [6.07, 6.45) is 1.84. The molecule has 3 rings (SSSR count). The van der Waals surface area contributed by atoms with Crippen LogP contribution in [0.25, 0.3) is 0 Å². The van der Waals surface area contributed by atoms with Gasteiger partial charge < -0.3 is 19.5 Å². The number of carboxylic acid groups (broad SMARTS) is 1. The number of carbonyl (C=O) groups excluding carboxylic acids is 1. The molecule has 0 aromatic heterocycles. The Bertz CT molecular complexity index is 729. The molecule has 0 spiro atoms. The van der Waals surface area contributed by atoms with Crippen molar-refractivity contribution in [2.75, 3.05) is 19.0 Å². The fourth-order valence-corrected chi connectivity index (χ4v) is 4.66. The van der Waals surface area contributed by atoms with Gasteiger partial charge in [0.25, 0.3) is 0 Å². The van der Waals surface area contributed by atoms with Gasteiger partial charge in [0.2, 0.25) is 0 Å². The van der Waals surface area contributed by atoms with Crippen molar-refractivity contribution in [1.29, 1.82) is 0 Å². The van der Waals surface area contributed by atoms with E-state index in [4.69, 9.17) is 9.47 Å². The lowest BCUT2D eigenvalue weighted by atomic mass is 9.60. The van der Waals surface area contributed by atoms with Gasteiger partial charge in [-0.3, -0.25) is 5.32 Å². The minimum atomic E-state index is -0.841. The SMILES string of the molecule is COc1cccc(NC(=O)OCC2(C(C)(C)C)CC3CCC(C2)N3C(=O)O)c1. The molecule has 2 atom stereocenters. The van der Waals surface area contributed by atoms with Crippen LogP contribution in [0.2, 0.25) is 0 Å². The Hall–Kier alpha value is -2.44. The van der Waals surface area contributed by atoms with Crippen molar-refractivity contribution in [3.8, 4) is 5.75 Å². The second-order valence-corrected chi connectivity index (χ2v) is 8.95. The average molecular weight is 390 g/mol. The van der Waals surface area contributed by atoms with Gasteiger partial charge in [0.15, 0.2) is 0 Å². The van der Waals surface area contributed by atoms with Gasteiger partial charge in [0.1, 0.15) is 5.75 Å². The van der Waals surface area contributed by atoms with Crippen molar-refractivity contribution in [3.63, 3.8) is 0 Å². The maximum absolute atomic E-state index is 12.4. The smallest absolute Gasteiger partial charge is 0.411 e. The van der Waals surface area contributed by atoms with Gasteiger partial charge in [0, 0.05) is 29.3 Å². The maximum atomic E-state index is 12.4. The van der Waals surface area contributed by atoms with Crippen LogP contribution in [0.5, 0.6) is 5.75 Å². The molecule has 0 radical (unpaired) electrons. The number of carbonyl (C=O) groups is 2. The number of amides is 2. The van der Waals surface area contributed by atoms with Crippen LogP contribution in [0, 0.1) is 10.8 Å². The Morgan fingerprint density at radius 1 is 1.25 bits per heavy atom. The molecule has 28 heavy (non-hydrogen) atoms. The third-order valence-electron chi connectivity index (χ3n) is 6.48. The number of anilines is 1. The minimum absolute atomic E-state index is 0.000482. The number of nitrogens with one attached hydrogen (secondary N) is 1. The zero-order chi connectivity index (χ0) is 20.5. The molecular weight excluding hydrogens is 360 g/mol. The van der Waals surface area contributed by atoms with E-state index in [-0.39, 0.29) is 29.5 Å². The molecule has 2 fully saturated rings. The van der Waals surface area contributed by atoms with Crippen LogP contribution < -0.4 is 10.1 Å². The van der Waals surface area contributed by atoms with E-state index in [1.807, 2.05) is 0 Å². The first kappa shape index (κ1) is 20.3. The predicted molar refractivity (Wildman–Crippen MR) is 106 cm³/mol. The molecule has 2 aliphatic heterocycles. The lowest BCUT2D eigenvalue weighted by Crippen LogP contribution is -2.55. The molecule has 2 bridgehead atoms. The zero-order valence-corrected chi connectivity index (χ0v) is 17.0. The number of rotatable bonds is 4. The summed E-state index contributed by atoms with van der Waals surface area (Å²) in [5.74, 6) is 0.654. The highest BCUT2D eigenvalue weighted by Crippen LogP contribution is 2.54.